The molecule has 0 spiro atoms. The number of carbonyl (C=O) groups excluding carboxylic acids is 1. The zero-order chi connectivity index (χ0) is 24.4. The van der Waals surface area contributed by atoms with Crippen molar-refractivity contribution in [1.82, 2.24) is 14.9 Å². The molecular formula is C25H29F2N3O4. The summed E-state index contributed by atoms with van der Waals surface area (Å²) in [6, 6.07) is 9.20. The second kappa shape index (κ2) is 9.97. The van der Waals surface area contributed by atoms with Gasteiger partial charge in [-0.05, 0) is 45.6 Å². The number of para-hydroxylation sites is 1. The van der Waals surface area contributed by atoms with Gasteiger partial charge in [-0.2, -0.15) is 8.78 Å². The van der Waals surface area contributed by atoms with E-state index in [-0.39, 0.29) is 29.8 Å². The summed E-state index contributed by atoms with van der Waals surface area (Å²) in [5, 5.41) is 3.54. The van der Waals surface area contributed by atoms with E-state index < -0.39 is 12.2 Å². The largest absolute Gasteiger partial charge is 0.434 e. The van der Waals surface area contributed by atoms with E-state index in [1.165, 1.54) is 6.07 Å². The normalized spacial score (nSPS) is 15.6. The number of alkyl halides is 2. The number of amides is 1. The number of ether oxygens (including phenoxy) is 2. The number of nitrogens with zero attached hydrogens (tertiary/aromatic N) is 1. The van der Waals surface area contributed by atoms with Gasteiger partial charge in [-0.3, -0.25) is 9.59 Å². The maximum atomic E-state index is 13.3. The number of nitrogens with one attached hydrogen (secondary N) is 2. The zero-order valence-electron chi connectivity index (χ0n) is 19.5. The minimum Gasteiger partial charge on any atom is -0.434 e. The molecule has 0 radical (unpaired) electrons. The van der Waals surface area contributed by atoms with Crippen LogP contribution in [0.15, 0.2) is 35.1 Å². The van der Waals surface area contributed by atoms with Crippen molar-refractivity contribution in [2.75, 3.05) is 13.2 Å². The van der Waals surface area contributed by atoms with Crippen LogP contribution in [0.1, 0.15) is 53.1 Å². The van der Waals surface area contributed by atoms with Crippen molar-refractivity contribution in [3.8, 4) is 5.75 Å². The highest BCUT2D eigenvalue weighted by atomic mass is 19.3. The van der Waals surface area contributed by atoms with Crippen LogP contribution in [0.2, 0.25) is 0 Å². The Morgan fingerprint density at radius 3 is 2.68 bits per heavy atom. The molecule has 1 fully saturated rings. The maximum absolute atomic E-state index is 13.3. The summed E-state index contributed by atoms with van der Waals surface area (Å²) in [4.78, 5) is 28.3. The second-order valence-electron chi connectivity index (χ2n) is 8.72. The molecule has 1 aromatic carbocycles. The van der Waals surface area contributed by atoms with Crippen LogP contribution in [-0.4, -0.2) is 35.3 Å². The third kappa shape index (κ3) is 4.70. The van der Waals surface area contributed by atoms with E-state index in [2.05, 4.69) is 26.5 Å². The van der Waals surface area contributed by atoms with Crippen LogP contribution in [0.3, 0.4) is 0 Å². The Morgan fingerprint density at radius 2 is 1.97 bits per heavy atom. The number of benzene rings is 1. The van der Waals surface area contributed by atoms with Gasteiger partial charge >= 0.3 is 6.61 Å². The lowest BCUT2D eigenvalue weighted by Crippen LogP contribution is -2.29. The molecule has 3 aromatic rings. The molecule has 7 nitrogen and oxygen atoms in total. The number of halogens is 2. The molecule has 3 heterocycles. The first-order valence-electron chi connectivity index (χ1n) is 11.4. The smallest absolute Gasteiger partial charge is 0.387 e. The van der Waals surface area contributed by atoms with Crippen molar-refractivity contribution in [2.24, 2.45) is 5.92 Å². The molecule has 0 aliphatic carbocycles. The molecule has 1 aliphatic rings. The molecule has 1 aliphatic heterocycles. The predicted molar refractivity (Wildman–Crippen MR) is 125 cm³/mol. The number of aromatic amines is 1. The average Bonchev–Trinajstić information content (AvgIpc) is 3.09. The summed E-state index contributed by atoms with van der Waals surface area (Å²) in [5.74, 6) is -0.197. The Kier molecular flexibility index (Phi) is 7.02. The summed E-state index contributed by atoms with van der Waals surface area (Å²) >= 11 is 0. The van der Waals surface area contributed by atoms with Crippen molar-refractivity contribution >= 4 is 16.8 Å². The molecule has 4 rings (SSSR count). The van der Waals surface area contributed by atoms with E-state index in [0.29, 0.717) is 17.2 Å². The number of rotatable bonds is 7. The fourth-order valence-electron chi connectivity index (χ4n) is 4.92. The monoisotopic (exact) mass is 473 g/mol. The molecule has 1 unspecified atom stereocenters. The van der Waals surface area contributed by atoms with Gasteiger partial charge in [-0.15, -0.1) is 0 Å². The van der Waals surface area contributed by atoms with Crippen LogP contribution in [0.25, 0.3) is 10.9 Å². The number of pyridine rings is 1. The molecule has 9 heteroatoms. The highest BCUT2D eigenvalue weighted by Gasteiger charge is 2.28. The van der Waals surface area contributed by atoms with Crippen LogP contribution in [-0.2, 0) is 11.3 Å². The first-order valence-corrected chi connectivity index (χ1v) is 11.4. The maximum Gasteiger partial charge on any atom is 0.387 e. The summed E-state index contributed by atoms with van der Waals surface area (Å²) in [6.45, 7) is 3.78. The van der Waals surface area contributed by atoms with Crippen LogP contribution in [0, 0.1) is 19.8 Å². The number of carbonyl (C=O) groups is 1. The van der Waals surface area contributed by atoms with Gasteiger partial charge in [0.2, 0.25) is 0 Å². The van der Waals surface area contributed by atoms with E-state index in [4.69, 9.17) is 4.74 Å². The van der Waals surface area contributed by atoms with Crippen LogP contribution >= 0.6 is 0 Å². The van der Waals surface area contributed by atoms with E-state index in [0.717, 1.165) is 42.7 Å². The fraction of sp³-hybridized carbons (Fsp3) is 0.440. The summed E-state index contributed by atoms with van der Waals surface area (Å²) in [5.41, 5.74) is 2.03. The molecule has 0 saturated carbocycles. The Balaban J connectivity index is 1.66. The van der Waals surface area contributed by atoms with Crippen LogP contribution in [0.5, 0.6) is 5.75 Å². The van der Waals surface area contributed by atoms with Gasteiger partial charge in [0.15, 0.2) is 0 Å². The van der Waals surface area contributed by atoms with Crippen LogP contribution in [0.4, 0.5) is 8.78 Å². The number of hydrogen-bond donors (Lipinski definition) is 2. The molecule has 34 heavy (non-hydrogen) atoms. The summed E-state index contributed by atoms with van der Waals surface area (Å²) in [6.07, 6.45) is 1.91. The third-order valence-corrected chi connectivity index (χ3v) is 6.61. The summed E-state index contributed by atoms with van der Waals surface area (Å²) < 4.78 is 37.9. The Bertz CT molecular complexity index is 1240. The standard InChI is InChI=1S/C25H29F2N3O4/c1-14-12-21(34-25(26)27)19(23(31)29-14)13-28-24(32)22-16(3)30(20-7-5-4-6-18(20)22)15(2)17-8-10-33-11-9-17/h4-7,12,15,17,25H,8-11,13H2,1-3H3,(H,28,32)(H,29,31). The quantitative estimate of drug-likeness (QED) is 0.530. The van der Waals surface area contributed by atoms with Crippen molar-refractivity contribution < 1.29 is 23.0 Å². The number of aryl methyl sites for hydroxylation is 1. The third-order valence-electron chi connectivity index (χ3n) is 6.61. The lowest BCUT2D eigenvalue weighted by atomic mass is 9.92. The minimum absolute atomic E-state index is 0.0591. The van der Waals surface area contributed by atoms with Gasteiger partial charge in [0.05, 0.1) is 17.7 Å². The lowest BCUT2D eigenvalue weighted by molar-refractivity contribution is -0.0506. The molecule has 182 valence electrons. The van der Waals surface area contributed by atoms with Gasteiger partial charge in [0.1, 0.15) is 5.75 Å². The van der Waals surface area contributed by atoms with Crippen molar-refractivity contribution in [1.29, 1.82) is 0 Å². The van der Waals surface area contributed by atoms with Gasteiger partial charge in [-0.25, -0.2) is 0 Å². The molecule has 2 aromatic heterocycles. The number of hydrogen-bond acceptors (Lipinski definition) is 4. The first kappa shape index (κ1) is 23.9. The molecule has 1 amide bonds. The Labute approximate surface area is 196 Å². The molecule has 1 atom stereocenters. The molecule has 2 N–H and O–H groups in total. The fourth-order valence-corrected chi connectivity index (χ4v) is 4.92. The van der Waals surface area contributed by atoms with Gasteiger partial charge < -0.3 is 24.3 Å². The molecule has 0 bridgehead atoms. The minimum atomic E-state index is -3.08. The summed E-state index contributed by atoms with van der Waals surface area (Å²) in [7, 11) is 0. The highest BCUT2D eigenvalue weighted by molar-refractivity contribution is 6.08. The Morgan fingerprint density at radius 1 is 1.26 bits per heavy atom. The predicted octanol–water partition coefficient (Wildman–Crippen LogP) is 4.47. The van der Waals surface area contributed by atoms with E-state index >= 15 is 0 Å². The number of H-pyrrole nitrogens is 1. The topological polar surface area (TPSA) is 85.3 Å². The van der Waals surface area contributed by atoms with Gasteiger partial charge in [0, 0.05) is 47.6 Å². The number of aromatic nitrogens is 2. The van der Waals surface area contributed by atoms with Gasteiger partial charge in [-0.1, -0.05) is 18.2 Å². The van der Waals surface area contributed by atoms with E-state index in [9.17, 15) is 18.4 Å². The zero-order valence-corrected chi connectivity index (χ0v) is 19.5. The SMILES string of the molecule is Cc1cc(OC(F)F)c(CNC(=O)c2c(C)n(C(C)C3CCOCC3)c3ccccc23)c(=O)[nH]1. The molecule has 1 saturated heterocycles. The van der Waals surface area contributed by atoms with E-state index in [1.807, 2.05) is 31.2 Å². The molecular weight excluding hydrogens is 444 g/mol. The van der Waals surface area contributed by atoms with Crippen LogP contribution < -0.4 is 15.6 Å². The first-order chi connectivity index (χ1) is 16.3. The highest BCUT2D eigenvalue weighted by Crippen LogP contribution is 2.35. The van der Waals surface area contributed by atoms with E-state index in [1.54, 1.807) is 6.92 Å². The van der Waals surface area contributed by atoms with Gasteiger partial charge in [0.25, 0.3) is 11.5 Å². The second-order valence-corrected chi connectivity index (χ2v) is 8.72. The lowest BCUT2D eigenvalue weighted by Gasteiger charge is -2.30. The Hall–Kier alpha value is -3.20. The van der Waals surface area contributed by atoms with Crippen molar-refractivity contribution in [3.63, 3.8) is 0 Å². The van der Waals surface area contributed by atoms with Crippen molar-refractivity contribution in [2.45, 2.75) is 52.8 Å². The number of fused-ring (bicyclic) bond motifs is 1. The average molecular weight is 474 g/mol. The van der Waals surface area contributed by atoms with Crippen molar-refractivity contribution in [3.05, 3.63) is 63.2 Å².